The SMILES string of the molecule is CCNc1nc(COCC)ncc1Br. The maximum Gasteiger partial charge on any atom is 0.156 e. The second-order valence-electron chi connectivity index (χ2n) is 2.65. The number of aromatic nitrogens is 2. The Labute approximate surface area is 92.2 Å². The van der Waals surface area contributed by atoms with Gasteiger partial charge in [0.2, 0.25) is 0 Å². The van der Waals surface area contributed by atoms with Gasteiger partial charge in [-0.3, -0.25) is 0 Å². The Kier molecular flexibility index (Phi) is 4.82. The van der Waals surface area contributed by atoms with Crippen molar-refractivity contribution in [1.82, 2.24) is 9.97 Å². The highest BCUT2D eigenvalue weighted by molar-refractivity contribution is 9.10. The zero-order chi connectivity index (χ0) is 10.4. The van der Waals surface area contributed by atoms with Crippen LogP contribution in [0.4, 0.5) is 5.82 Å². The molecule has 1 aromatic rings. The number of rotatable bonds is 5. The topological polar surface area (TPSA) is 47.0 Å². The first-order valence-corrected chi connectivity index (χ1v) is 5.40. The van der Waals surface area contributed by atoms with Crippen molar-refractivity contribution in [2.75, 3.05) is 18.5 Å². The van der Waals surface area contributed by atoms with E-state index in [4.69, 9.17) is 4.74 Å². The highest BCUT2D eigenvalue weighted by Gasteiger charge is 2.03. The van der Waals surface area contributed by atoms with Gasteiger partial charge in [0.05, 0.1) is 4.47 Å². The third-order valence-corrected chi connectivity index (χ3v) is 2.15. The lowest BCUT2D eigenvalue weighted by molar-refractivity contribution is 0.128. The molecular formula is C9H14BrN3O. The quantitative estimate of drug-likeness (QED) is 0.881. The van der Waals surface area contributed by atoms with Crippen molar-refractivity contribution in [3.8, 4) is 0 Å². The number of halogens is 1. The van der Waals surface area contributed by atoms with E-state index in [0.717, 1.165) is 16.8 Å². The first kappa shape index (κ1) is 11.4. The lowest BCUT2D eigenvalue weighted by Gasteiger charge is -2.06. The number of ether oxygens (including phenoxy) is 1. The van der Waals surface area contributed by atoms with Crippen molar-refractivity contribution in [1.29, 1.82) is 0 Å². The molecule has 1 aromatic heterocycles. The molecule has 14 heavy (non-hydrogen) atoms. The van der Waals surface area contributed by atoms with E-state index in [2.05, 4.69) is 31.2 Å². The van der Waals surface area contributed by atoms with Crippen molar-refractivity contribution in [3.63, 3.8) is 0 Å². The van der Waals surface area contributed by atoms with Gasteiger partial charge in [-0.15, -0.1) is 0 Å². The number of nitrogens with zero attached hydrogens (tertiary/aromatic N) is 2. The Morgan fingerprint density at radius 3 is 2.93 bits per heavy atom. The van der Waals surface area contributed by atoms with E-state index < -0.39 is 0 Å². The van der Waals surface area contributed by atoms with Crippen LogP contribution in [0.2, 0.25) is 0 Å². The average Bonchev–Trinajstić information content (AvgIpc) is 2.19. The standard InChI is InChI=1S/C9H14BrN3O/c1-3-11-9-7(10)5-12-8(13-9)6-14-4-2/h5H,3-4,6H2,1-2H3,(H,11,12,13). The van der Waals surface area contributed by atoms with Crippen LogP contribution < -0.4 is 5.32 Å². The fourth-order valence-corrected chi connectivity index (χ4v) is 1.29. The van der Waals surface area contributed by atoms with Crippen LogP contribution in [0.1, 0.15) is 19.7 Å². The number of hydrogen-bond donors (Lipinski definition) is 1. The summed E-state index contributed by atoms with van der Waals surface area (Å²) in [4.78, 5) is 8.44. The third kappa shape index (κ3) is 3.23. The molecule has 4 nitrogen and oxygen atoms in total. The molecule has 1 rings (SSSR count). The summed E-state index contributed by atoms with van der Waals surface area (Å²) in [6, 6.07) is 0. The Bertz CT molecular complexity index is 293. The largest absolute Gasteiger partial charge is 0.374 e. The Balaban J connectivity index is 2.72. The van der Waals surface area contributed by atoms with Crippen molar-refractivity contribution < 1.29 is 4.74 Å². The molecule has 0 bridgehead atoms. The molecule has 1 heterocycles. The molecule has 0 aliphatic rings. The van der Waals surface area contributed by atoms with Crippen LogP contribution in [0.15, 0.2) is 10.7 Å². The molecule has 0 radical (unpaired) electrons. The molecule has 0 aliphatic carbocycles. The van der Waals surface area contributed by atoms with Crippen LogP contribution in [0, 0.1) is 0 Å². The molecule has 5 heteroatoms. The summed E-state index contributed by atoms with van der Waals surface area (Å²) in [6.07, 6.45) is 1.74. The summed E-state index contributed by atoms with van der Waals surface area (Å²) < 4.78 is 6.10. The van der Waals surface area contributed by atoms with E-state index in [1.54, 1.807) is 6.20 Å². The van der Waals surface area contributed by atoms with Gasteiger partial charge in [-0.05, 0) is 29.8 Å². The fourth-order valence-electron chi connectivity index (χ4n) is 0.958. The first-order chi connectivity index (χ1) is 6.77. The normalized spacial score (nSPS) is 10.2. The molecule has 0 fully saturated rings. The summed E-state index contributed by atoms with van der Waals surface area (Å²) in [6.45, 7) is 5.95. The molecule has 1 N–H and O–H groups in total. The van der Waals surface area contributed by atoms with E-state index in [1.807, 2.05) is 13.8 Å². The summed E-state index contributed by atoms with van der Waals surface area (Å²) in [5.74, 6) is 1.52. The Morgan fingerprint density at radius 1 is 1.50 bits per heavy atom. The van der Waals surface area contributed by atoms with Crippen LogP contribution in [0.3, 0.4) is 0 Å². The van der Waals surface area contributed by atoms with E-state index >= 15 is 0 Å². The lowest BCUT2D eigenvalue weighted by atomic mass is 10.5. The van der Waals surface area contributed by atoms with Crippen LogP contribution in [0.5, 0.6) is 0 Å². The van der Waals surface area contributed by atoms with Crippen molar-refractivity contribution in [2.24, 2.45) is 0 Å². The number of hydrogen-bond acceptors (Lipinski definition) is 4. The molecule has 0 saturated carbocycles. The highest BCUT2D eigenvalue weighted by atomic mass is 79.9. The summed E-state index contributed by atoms with van der Waals surface area (Å²) in [5, 5.41) is 3.14. The molecule has 0 atom stereocenters. The van der Waals surface area contributed by atoms with Crippen molar-refractivity contribution >= 4 is 21.7 Å². The molecule has 0 unspecified atom stereocenters. The predicted molar refractivity (Wildman–Crippen MR) is 59.2 cm³/mol. The predicted octanol–water partition coefficient (Wildman–Crippen LogP) is 2.21. The van der Waals surface area contributed by atoms with Gasteiger partial charge in [-0.25, -0.2) is 9.97 Å². The van der Waals surface area contributed by atoms with E-state index in [0.29, 0.717) is 19.0 Å². The maximum absolute atomic E-state index is 5.22. The smallest absolute Gasteiger partial charge is 0.156 e. The molecule has 0 amide bonds. The second kappa shape index (κ2) is 5.93. The molecule has 0 aromatic carbocycles. The van der Waals surface area contributed by atoms with Crippen molar-refractivity contribution in [2.45, 2.75) is 20.5 Å². The minimum atomic E-state index is 0.460. The van der Waals surface area contributed by atoms with E-state index in [-0.39, 0.29) is 0 Å². The monoisotopic (exact) mass is 259 g/mol. The Hall–Kier alpha value is -0.680. The fraction of sp³-hybridized carbons (Fsp3) is 0.556. The zero-order valence-corrected chi connectivity index (χ0v) is 9.97. The van der Waals surface area contributed by atoms with Crippen LogP contribution >= 0.6 is 15.9 Å². The molecule has 0 saturated heterocycles. The second-order valence-corrected chi connectivity index (χ2v) is 3.50. The van der Waals surface area contributed by atoms with Crippen LogP contribution in [-0.2, 0) is 11.3 Å². The lowest BCUT2D eigenvalue weighted by Crippen LogP contribution is -2.05. The first-order valence-electron chi connectivity index (χ1n) is 4.61. The summed E-state index contributed by atoms with van der Waals surface area (Å²) in [5.41, 5.74) is 0. The number of anilines is 1. The van der Waals surface area contributed by atoms with Crippen LogP contribution in [-0.4, -0.2) is 23.1 Å². The van der Waals surface area contributed by atoms with Gasteiger partial charge in [-0.1, -0.05) is 0 Å². The van der Waals surface area contributed by atoms with Gasteiger partial charge in [0, 0.05) is 19.3 Å². The van der Waals surface area contributed by atoms with Crippen molar-refractivity contribution in [3.05, 3.63) is 16.5 Å². The van der Waals surface area contributed by atoms with Gasteiger partial charge >= 0.3 is 0 Å². The Morgan fingerprint density at radius 2 is 2.29 bits per heavy atom. The minimum Gasteiger partial charge on any atom is -0.374 e. The molecule has 78 valence electrons. The number of nitrogens with one attached hydrogen (secondary N) is 1. The molecule has 0 aliphatic heterocycles. The van der Waals surface area contributed by atoms with Gasteiger partial charge < -0.3 is 10.1 Å². The maximum atomic E-state index is 5.22. The summed E-state index contributed by atoms with van der Waals surface area (Å²) in [7, 11) is 0. The average molecular weight is 260 g/mol. The zero-order valence-electron chi connectivity index (χ0n) is 8.38. The molecular weight excluding hydrogens is 246 g/mol. The highest BCUT2D eigenvalue weighted by Crippen LogP contribution is 2.18. The van der Waals surface area contributed by atoms with E-state index in [1.165, 1.54) is 0 Å². The van der Waals surface area contributed by atoms with Crippen LogP contribution in [0.25, 0.3) is 0 Å². The van der Waals surface area contributed by atoms with E-state index in [9.17, 15) is 0 Å². The third-order valence-electron chi connectivity index (χ3n) is 1.57. The van der Waals surface area contributed by atoms with Gasteiger partial charge in [0.25, 0.3) is 0 Å². The summed E-state index contributed by atoms with van der Waals surface area (Å²) >= 11 is 3.37. The van der Waals surface area contributed by atoms with Gasteiger partial charge in [0.1, 0.15) is 12.4 Å². The minimum absolute atomic E-state index is 0.460. The molecule has 0 spiro atoms. The van der Waals surface area contributed by atoms with Gasteiger partial charge in [-0.2, -0.15) is 0 Å². The van der Waals surface area contributed by atoms with Gasteiger partial charge in [0.15, 0.2) is 5.82 Å².